The summed E-state index contributed by atoms with van der Waals surface area (Å²) in [6.07, 6.45) is 5.33. The number of nitrogens with two attached hydrogens (primary N) is 1. The highest BCUT2D eigenvalue weighted by atomic mass is 16.2. The fourth-order valence-corrected chi connectivity index (χ4v) is 1.42. The van der Waals surface area contributed by atoms with Crippen LogP contribution in [0.5, 0.6) is 0 Å². The van der Waals surface area contributed by atoms with E-state index in [4.69, 9.17) is 10.8 Å². The van der Waals surface area contributed by atoms with Crippen LogP contribution >= 0.6 is 0 Å². The lowest BCUT2D eigenvalue weighted by Gasteiger charge is -2.16. The quantitative estimate of drug-likeness (QED) is 0.695. The SMILES string of the molecule is CN(CCCCCO)C(=O)c1cncc(N)n1. The lowest BCUT2D eigenvalue weighted by atomic mass is 10.2. The molecule has 1 aromatic rings. The Morgan fingerprint density at radius 1 is 1.41 bits per heavy atom. The number of rotatable bonds is 6. The molecule has 3 N–H and O–H groups in total. The van der Waals surface area contributed by atoms with E-state index in [9.17, 15) is 4.79 Å². The zero-order valence-electron chi connectivity index (χ0n) is 9.96. The van der Waals surface area contributed by atoms with Crippen LogP contribution in [-0.2, 0) is 0 Å². The van der Waals surface area contributed by atoms with Gasteiger partial charge in [0, 0.05) is 20.2 Å². The van der Waals surface area contributed by atoms with Gasteiger partial charge in [-0.2, -0.15) is 0 Å². The number of amides is 1. The fraction of sp³-hybridized carbons (Fsp3) is 0.545. The summed E-state index contributed by atoms with van der Waals surface area (Å²) in [4.78, 5) is 21.2. The Labute approximate surface area is 100 Å². The monoisotopic (exact) mass is 238 g/mol. The van der Waals surface area contributed by atoms with Gasteiger partial charge in [-0.15, -0.1) is 0 Å². The highest BCUT2D eigenvalue weighted by molar-refractivity contribution is 5.92. The van der Waals surface area contributed by atoms with Crippen molar-refractivity contribution in [1.29, 1.82) is 0 Å². The Morgan fingerprint density at radius 2 is 2.18 bits per heavy atom. The van der Waals surface area contributed by atoms with Crippen LogP contribution in [0.3, 0.4) is 0 Å². The van der Waals surface area contributed by atoms with Gasteiger partial charge in [0.05, 0.1) is 12.4 Å². The van der Waals surface area contributed by atoms with Crippen LogP contribution in [0.2, 0.25) is 0 Å². The summed E-state index contributed by atoms with van der Waals surface area (Å²) in [6.45, 7) is 0.827. The molecule has 0 aromatic carbocycles. The van der Waals surface area contributed by atoms with Crippen molar-refractivity contribution in [3.63, 3.8) is 0 Å². The number of nitrogen functional groups attached to an aromatic ring is 1. The molecule has 0 bridgehead atoms. The second kappa shape index (κ2) is 6.80. The molecule has 1 amide bonds. The van der Waals surface area contributed by atoms with Crippen molar-refractivity contribution in [2.45, 2.75) is 19.3 Å². The predicted molar refractivity (Wildman–Crippen MR) is 64.3 cm³/mol. The Balaban J connectivity index is 2.46. The molecule has 1 aromatic heterocycles. The maximum atomic E-state index is 11.9. The van der Waals surface area contributed by atoms with Crippen LogP contribution in [-0.4, -0.2) is 46.1 Å². The zero-order valence-corrected chi connectivity index (χ0v) is 9.96. The van der Waals surface area contributed by atoms with Gasteiger partial charge in [-0.1, -0.05) is 0 Å². The topological polar surface area (TPSA) is 92.3 Å². The number of aliphatic hydroxyl groups is 1. The molecule has 94 valence electrons. The number of aliphatic hydroxyl groups excluding tert-OH is 1. The molecule has 0 aliphatic rings. The summed E-state index contributed by atoms with van der Waals surface area (Å²) < 4.78 is 0. The third kappa shape index (κ3) is 4.36. The smallest absolute Gasteiger partial charge is 0.273 e. The molecule has 0 saturated carbocycles. The molecular weight excluding hydrogens is 220 g/mol. The molecule has 0 fully saturated rings. The summed E-state index contributed by atoms with van der Waals surface area (Å²) in [5.74, 6) is 0.0540. The van der Waals surface area contributed by atoms with Crippen LogP contribution in [0, 0.1) is 0 Å². The maximum Gasteiger partial charge on any atom is 0.273 e. The van der Waals surface area contributed by atoms with Crippen LogP contribution in [0.1, 0.15) is 29.8 Å². The minimum Gasteiger partial charge on any atom is -0.396 e. The van der Waals surface area contributed by atoms with Crippen molar-refractivity contribution >= 4 is 11.7 Å². The number of unbranched alkanes of at least 4 members (excludes halogenated alkanes) is 2. The van der Waals surface area contributed by atoms with Gasteiger partial charge in [0.2, 0.25) is 0 Å². The van der Waals surface area contributed by atoms with Crippen molar-refractivity contribution in [3.8, 4) is 0 Å². The van der Waals surface area contributed by atoms with E-state index in [1.807, 2.05) is 0 Å². The Morgan fingerprint density at radius 3 is 2.82 bits per heavy atom. The number of aromatic nitrogens is 2. The van der Waals surface area contributed by atoms with E-state index in [0.29, 0.717) is 6.54 Å². The summed E-state index contributed by atoms with van der Waals surface area (Å²) in [6, 6.07) is 0. The third-order valence-corrected chi connectivity index (χ3v) is 2.37. The minimum absolute atomic E-state index is 0.186. The predicted octanol–water partition coefficient (Wildman–Crippen LogP) is 0.293. The highest BCUT2D eigenvalue weighted by Gasteiger charge is 2.13. The molecular formula is C11H18N4O2. The van der Waals surface area contributed by atoms with Crippen molar-refractivity contribution in [1.82, 2.24) is 14.9 Å². The normalized spacial score (nSPS) is 10.2. The molecule has 0 aliphatic heterocycles. The molecule has 1 heterocycles. The second-order valence-corrected chi connectivity index (χ2v) is 3.84. The first-order chi connectivity index (χ1) is 8.15. The van der Waals surface area contributed by atoms with E-state index in [0.717, 1.165) is 19.3 Å². The van der Waals surface area contributed by atoms with E-state index in [1.165, 1.54) is 12.4 Å². The van der Waals surface area contributed by atoms with Crippen LogP contribution in [0.4, 0.5) is 5.82 Å². The largest absolute Gasteiger partial charge is 0.396 e. The van der Waals surface area contributed by atoms with E-state index in [1.54, 1.807) is 11.9 Å². The minimum atomic E-state index is -0.186. The first-order valence-corrected chi connectivity index (χ1v) is 5.59. The first-order valence-electron chi connectivity index (χ1n) is 5.59. The standard InChI is InChI=1S/C11H18N4O2/c1-15(5-3-2-4-6-16)11(17)9-7-13-8-10(12)14-9/h7-8,16H,2-6H2,1H3,(H2,12,14). The molecule has 6 nitrogen and oxygen atoms in total. The van der Waals surface area contributed by atoms with Gasteiger partial charge >= 0.3 is 0 Å². The van der Waals surface area contributed by atoms with Crippen molar-refractivity contribution in [3.05, 3.63) is 18.1 Å². The number of carbonyl (C=O) groups excluding carboxylic acids is 1. The lowest BCUT2D eigenvalue weighted by molar-refractivity contribution is 0.0786. The Hall–Kier alpha value is -1.69. The van der Waals surface area contributed by atoms with Crippen molar-refractivity contribution in [2.24, 2.45) is 0 Å². The first kappa shape index (κ1) is 13.4. The van der Waals surface area contributed by atoms with Crippen LogP contribution in [0.25, 0.3) is 0 Å². The molecule has 0 unspecified atom stereocenters. The zero-order chi connectivity index (χ0) is 12.7. The summed E-state index contributed by atoms with van der Waals surface area (Å²) in [7, 11) is 1.71. The third-order valence-electron chi connectivity index (χ3n) is 2.37. The van der Waals surface area contributed by atoms with E-state index in [2.05, 4.69) is 9.97 Å². The van der Waals surface area contributed by atoms with E-state index in [-0.39, 0.29) is 24.0 Å². The molecule has 0 radical (unpaired) electrons. The molecule has 0 atom stereocenters. The van der Waals surface area contributed by atoms with E-state index < -0.39 is 0 Å². The summed E-state index contributed by atoms with van der Waals surface area (Å²) in [5, 5.41) is 8.64. The van der Waals surface area contributed by atoms with Crippen molar-refractivity contribution < 1.29 is 9.90 Å². The summed E-state index contributed by atoms with van der Waals surface area (Å²) >= 11 is 0. The molecule has 0 aliphatic carbocycles. The summed E-state index contributed by atoms with van der Waals surface area (Å²) in [5.41, 5.74) is 5.72. The van der Waals surface area contributed by atoms with Crippen LogP contribution in [0.15, 0.2) is 12.4 Å². The van der Waals surface area contributed by atoms with Gasteiger partial charge in [-0.05, 0) is 19.3 Å². The van der Waals surface area contributed by atoms with Gasteiger partial charge in [0.25, 0.3) is 5.91 Å². The average molecular weight is 238 g/mol. The lowest BCUT2D eigenvalue weighted by Crippen LogP contribution is -2.28. The highest BCUT2D eigenvalue weighted by Crippen LogP contribution is 2.03. The molecule has 0 spiro atoms. The number of hydrogen-bond acceptors (Lipinski definition) is 5. The number of nitrogens with zero attached hydrogens (tertiary/aromatic N) is 3. The van der Waals surface area contributed by atoms with Crippen molar-refractivity contribution in [2.75, 3.05) is 25.9 Å². The number of carbonyl (C=O) groups is 1. The molecule has 6 heteroatoms. The Bertz CT molecular complexity index is 370. The number of hydrogen-bond donors (Lipinski definition) is 2. The molecule has 17 heavy (non-hydrogen) atoms. The van der Waals surface area contributed by atoms with Gasteiger partial charge in [-0.3, -0.25) is 9.78 Å². The van der Waals surface area contributed by atoms with Gasteiger partial charge in [-0.25, -0.2) is 4.98 Å². The van der Waals surface area contributed by atoms with Gasteiger partial charge < -0.3 is 15.7 Å². The van der Waals surface area contributed by atoms with Gasteiger partial charge in [0.15, 0.2) is 0 Å². The number of anilines is 1. The maximum absolute atomic E-state index is 11.9. The molecule has 1 rings (SSSR count). The van der Waals surface area contributed by atoms with Gasteiger partial charge in [0.1, 0.15) is 11.5 Å². The second-order valence-electron chi connectivity index (χ2n) is 3.84. The average Bonchev–Trinajstić information content (AvgIpc) is 2.33. The van der Waals surface area contributed by atoms with Crippen LogP contribution < -0.4 is 5.73 Å². The molecule has 0 saturated heterocycles. The van der Waals surface area contributed by atoms with E-state index >= 15 is 0 Å². The fourth-order valence-electron chi connectivity index (χ4n) is 1.42. The Kier molecular flexibility index (Phi) is 5.35.